The average Bonchev–Trinajstić information content (AvgIpc) is 3.41. The van der Waals surface area contributed by atoms with Gasteiger partial charge in [0.2, 0.25) is 10.0 Å². The van der Waals surface area contributed by atoms with Gasteiger partial charge in [0.15, 0.2) is 11.5 Å². The molecule has 1 saturated heterocycles. The molecule has 1 aliphatic heterocycles. The summed E-state index contributed by atoms with van der Waals surface area (Å²) in [7, 11) is -1.83. The van der Waals surface area contributed by atoms with E-state index < -0.39 is 10.0 Å². The van der Waals surface area contributed by atoms with E-state index in [9.17, 15) is 8.42 Å². The third kappa shape index (κ3) is 3.25. The lowest BCUT2D eigenvalue weighted by atomic mass is 9.97. The summed E-state index contributed by atoms with van der Waals surface area (Å²) >= 11 is 0. The van der Waals surface area contributed by atoms with Crippen LogP contribution in [-0.4, -0.2) is 60.4 Å². The summed E-state index contributed by atoms with van der Waals surface area (Å²) in [6.45, 7) is 0.832. The Balaban J connectivity index is 1.38. The highest BCUT2D eigenvalue weighted by atomic mass is 32.2. The van der Waals surface area contributed by atoms with Gasteiger partial charge in [-0.05, 0) is 37.1 Å². The van der Waals surface area contributed by atoms with Gasteiger partial charge in [-0.2, -0.15) is 19.0 Å². The molecule has 0 atom stereocenters. The van der Waals surface area contributed by atoms with E-state index in [4.69, 9.17) is 5.10 Å². The van der Waals surface area contributed by atoms with Gasteiger partial charge in [-0.1, -0.05) is 0 Å². The summed E-state index contributed by atoms with van der Waals surface area (Å²) in [4.78, 5) is 4.37. The number of fused-ring (bicyclic) bond motifs is 1. The summed E-state index contributed by atoms with van der Waals surface area (Å²) in [5.74, 6) is 0.839. The Morgan fingerprint density at radius 1 is 1.07 bits per heavy atom. The monoisotopic (exact) mass is 424 g/mol. The Morgan fingerprint density at radius 2 is 1.90 bits per heavy atom. The third-order valence-corrected chi connectivity index (χ3v) is 7.23. The molecule has 1 aliphatic rings. The minimum atomic E-state index is -3.53. The number of sulfonamides is 1. The fraction of sp³-hybridized carbons (Fsp3) is 0.316. The maximum absolute atomic E-state index is 12.8. The van der Waals surface area contributed by atoms with E-state index in [1.54, 1.807) is 24.0 Å². The number of piperidine rings is 1. The van der Waals surface area contributed by atoms with Gasteiger partial charge in [0.05, 0.1) is 11.9 Å². The van der Waals surface area contributed by atoms with Crippen molar-refractivity contribution >= 4 is 15.7 Å². The van der Waals surface area contributed by atoms with Crippen LogP contribution in [0.25, 0.3) is 16.9 Å². The minimum Gasteiger partial charge on any atom is -0.274 e. The van der Waals surface area contributed by atoms with Crippen LogP contribution in [0.15, 0.2) is 53.9 Å². The molecule has 5 rings (SSSR count). The van der Waals surface area contributed by atoms with Gasteiger partial charge in [-0.15, -0.1) is 10.2 Å². The van der Waals surface area contributed by atoms with E-state index in [-0.39, 0.29) is 10.8 Å². The lowest BCUT2D eigenvalue weighted by Crippen LogP contribution is -2.38. The number of nitrogens with zero attached hydrogens (tertiary/aromatic N) is 8. The molecule has 0 aromatic carbocycles. The van der Waals surface area contributed by atoms with Crippen molar-refractivity contribution in [3.63, 3.8) is 0 Å². The van der Waals surface area contributed by atoms with E-state index in [2.05, 4.69) is 20.3 Å². The summed E-state index contributed by atoms with van der Waals surface area (Å²) in [6, 6.07) is 7.60. The molecule has 4 aromatic heterocycles. The zero-order chi connectivity index (χ0) is 20.7. The summed E-state index contributed by atoms with van der Waals surface area (Å²) < 4.78 is 30.4. The van der Waals surface area contributed by atoms with Gasteiger partial charge in [0, 0.05) is 50.2 Å². The zero-order valence-corrected chi connectivity index (χ0v) is 17.1. The van der Waals surface area contributed by atoms with Crippen LogP contribution in [0.3, 0.4) is 0 Å². The molecule has 0 spiro atoms. The number of aromatic nitrogens is 7. The van der Waals surface area contributed by atoms with Gasteiger partial charge in [0.1, 0.15) is 4.90 Å². The quantitative estimate of drug-likeness (QED) is 0.488. The molecule has 0 N–H and O–H groups in total. The first-order valence-corrected chi connectivity index (χ1v) is 11.1. The summed E-state index contributed by atoms with van der Waals surface area (Å²) in [6.07, 6.45) is 7.70. The van der Waals surface area contributed by atoms with Crippen LogP contribution in [0.2, 0.25) is 0 Å². The van der Waals surface area contributed by atoms with Crippen molar-refractivity contribution in [2.24, 2.45) is 7.05 Å². The molecular weight excluding hydrogens is 404 g/mol. The highest BCUT2D eigenvalue weighted by Gasteiger charge is 2.32. The first-order chi connectivity index (χ1) is 14.5. The van der Waals surface area contributed by atoms with E-state index in [0.29, 0.717) is 31.6 Å². The zero-order valence-electron chi connectivity index (χ0n) is 16.3. The highest BCUT2D eigenvalue weighted by Crippen LogP contribution is 2.30. The Labute approximate surface area is 173 Å². The maximum atomic E-state index is 12.8. The second-order valence-electron chi connectivity index (χ2n) is 7.32. The molecule has 5 heterocycles. The van der Waals surface area contributed by atoms with E-state index in [1.807, 2.05) is 24.3 Å². The molecular formula is C19H20N8O2S. The van der Waals surface area contributed by atoms with Crippen LogP contribution >= 0.6 is 0 Å². The van der Waals surface area contributed by atoms with Gasteiger partial charge in [-0.3, -0.25) is 9.67 Å². The molecule has 11 heteroatoms. The molecule has 0 amide bonds. The first kappa shape index (κ1) is 18.8. The predicted octanol–water partition coefficient (Wildman–Crippen LogP) is 1.49. The van der Waals surface area contributed by atoms with Crippen LogP contribution in [0.4, 0.5) is 0 Å². The highest BCUT2D eigenvalue weighted by molar-refractivity contribution is 7.89. The molecule has 0 aliphatic carbocycles. The van der Waals surface area contributed by atoms with Crippen molar-refractivity contribution in [2.75, 3.05) is 13.1 Å². The standard InChI is InChI=1S/C19H20N8O2S/c1-25-13-16(12-21-25)30(28,29)26-9-6-14(7-10-26)19-23-22-18-5-4-17(24-27(18)19)15-3-2-8-20-11-15/h2-5,8,11-14H,6-7,9-10H2,1H3. The number of hydrogen-bond acceptors (Lipinski definition) is 7. The van der Waals surface area contributed by atoms with Gasteiger partial charge in [0.25, 0.3) is 0 Å². The Bertz CT molecular complexity index is 1290. The molecule has 0 radical (unpaired) electrons. The molecule has 30 heavy (non-hydrogen) atoms. The van der Waals surface area contributed by atoms with Crippen molar-refractivity contribution in [3.05, 3.63) is 54.9 Å². The van der Waals surface area contributed by atoms with Crippen molar-refractivity contribution in [1.29, 1.82) is 0 Å². The Kier molecular flexibility index (Phi) is 4.55. The van der Waals surface area contributed by atoms with Crippen LogP contribution in [-0.2, 0) is 17.1 Å². The summed E-state index contributed by atoms with van der Waals surface area (Å²) in [5, 5.41) is 17.3. The van der Waals surface area contributed by atoms with Crippen LogP contribution in [0.5, 0.6) is 0 Å². The molecule has 1 fully saturated rings. The van der Waals surface area contributed by atoms with Crippen LogP contribution in [0, 0.1) is 0 Å². The largest absolute Gasteiger partial charge is 0.274 e. The van der Waals surface area contributed by atoms with Gasteiger partial charge < -0.3 is 0 Å². The Morgan fingerprint density at radius 3 is 2.60 bits per heavy atom. The number of rotatable bonds is 4. The lowest BCUT2D eigenvalue weighted by molar-refractivity contribution is 0.311. The second kappa shape index (κ2) is 7.26. The smallest absolute Gasteiger partial charge is 0.246 e. The molecule has 154 valence electrons. The normalized spacial score (nSPS) is 16.3. The molecule has 4 aromatic rings. The van der Waals surface area contributed by atoms with Crippen molar-refractivity contribution in [3.8, 4) is 11.3 Å². The fourth-order valence-electron chi connectivity index (χ4n) is 3.76. The van der Waals surface area contributed by atoms with Gasteiger partial charge in [-0.25, -0.2) is 8.42 Å². The average molecular weight is 424 g/mol. The second-order valence-corrected chi connectivity index (χ2v) is 9.25. The Hall–Kier alpha value is -3.18. The van der Waals surface area contributed by atoms with E-state index in [1.165, 1.54) is 21.4 Å². The lowest BCUT2D eigenvalue weighted by Gasteiger charge is -2.29. The SMILES string of the molecule is Cn1cc(S(=O)(=O)N2CCC(c3nnc4ccc(-c5cccnc5)nn34)CC2)cn1. The number of pyridine rings is 1. The van der Waals surface area contributed by atoms with Crippen molar-refractivity contribution in [2.45, 2.75) is 23.7 Å². The number of hydrogen-bond donors (Lipinski definition) is 0. The number of aryl methyl sites for hydroxylation is 1. The van der Waals surface area contributed by atoms with Crippen LogP contribution < -0.4 is 0 Å². The van der Waals surface area contributed by atoms with E-state index in [0.717, 1.165) is 17.1 Å². The van der Waals surface area contributed by atoms with Gasteiger partial charge >= 0.3 is 0 Å². The predicted molar refractivity (Wildman–Crippen MR) is 108 cm³/mol. The topological polar surface area (TPSA) is 111 Å². The van der Waals surface area contributed by atoms with Crippen LogP contribution in [0.1, 0.15) is 24.6 Å². The minimum absolute atomic E-state index is 0.0806. The molecule has 0 unspecified atom stereocenters. The van der Waals surface area contributed by atoms with E-state index >= 15 is 0 Å². The van der Waals surface area contributed by atoms with Crippen molar-refractivity contribution < 1.29 is 8.42 Å². The molecule has 0 bridgehead atoms. The fourth-order valence-corrected chi connectivity index (χ4v) is 5.22. The third-order valence-electron chi connectivity index (χ3n) is 5.38. The molecule has 0 saturated carbocycles. The maximum Gasteiger partial charge on any atom is 0.246 e. The molecule has 10 nitrogen and oxygen atoms in total. The summed E-state index contributed by atoms with van der Waals surface area (Å²) in [5.41, 5.74) is 2.37. The van der Waals surface area contributed by atoms with Crippen molar-refractivity contribution in [1.82, 2.24) is 38.9 Å². The first-order valence-electron chi connectivity index (χ1n) is 9.64.